The van der Waals surface area contributed by atoms with Gasteiger partial charge in [-0.25, -0.2) is 0 Å². The van der Waals surface area contributed by atoms with E-state index in [-0.39, 0.29) is 13.0 Å². The number of rotatable bonds is 5. The summed E-state index contributed by atoms with van der Waals surface area (Å²) in [5.74, 6) is -1.96. The van der Waals surface area contributed by atoms with E-state index >= 15 is 0 Å². The molecular formula is C28H28F3N3O4. The highest BCUT2D eigenvalue weighted by atomic mass is 19.4. The molecule has 0 bridgehead atoms. The summed E-state index contributed by atoms with van der Waals surface area (Å²) in [6.45, 7) is 0.992. The molecule has 0 spiro atoms. The first-order chi connectivity index (χ1) is 18.1. The molecule has 3 aromatic rings. The number of alkyl halides is 3. The smallest absolute Gasteiger partial charge is 0.408 e. The van der Waals surface area contributed by atoms with E-state index < -0.39 is 47.2 Å². The number of hydrogen-bond acceptors (Lipinski definition) is 5. The lowest BCUT2D eigenvalue weighted by Gasteiger charge is -2.52. The van der Waals surface area contributed by atoms with Gasteiger partial charge in [0, 0.05) is 32.4 Å². The summed E-state index contributed by atoms with van der Waals surface area (Å²) >= 11 is 0. The van der Waals surface area contributed by atoms with Crippen LogP contribution in [0.2, 0.25) is 0 Å². The number of carbonyl (C=O) groups excluding carboxylic acids is 1. The van der Waals surface area contributed by atoms with E-state index in [9.17, 15) is 27.9 Å². The van der Waals surface area contributed by atoms with Crippen molar-refractivity contribution in [2.75, 3.05) is 18.7 Å². The number of aryl methyl sites for hydroxylation is 2. The minimum absolute atomic E-state index is 0.0514. The second-order valence-corrected chi connectivity index (χ2v) is 9.59. The third-order valence-corrected chi connectivity index (χ3v) is 7.46. The van der Waals surface area contributed by atoms with Crippen LogP contribution in [0.4, 0.5) is 13.2 Å². The maximum absolute atomic E-state index is 14.2. The van der Waals surface area contributed by atoms with Crippen molar-refractivity contribution in [3.05, 3.63) is 99.0 Å². The summed E-state index contributed by atoms with van der Waals surface area (Å²) < 4.78 is 49.2. The summed E-state index contributed by atoms with van der Waals surface area (Å²) in [7, 11) is 1.44. The number of benzene rings is 2. The lowest BCUT2D eigenvalue weighted by Crippen LogP contribution is -2.66. The van der Waals surface area contributed by atoms with Crippen molar-refractivity contribution in [2.45, 2.75) is 50.6 Å². The standard InChI is InChI=1S/C28H28F3N3O4/c1-17(28(29,30)31)33-23(14-16-38-2)34(32-15-13-22(35)26(36)25(32)27(33)37)24-20-9-5-3-7-18(20)11-12-19-8-4-6-10-21(19)24/h3-10,13,15,17,23-24,36H,11-12,14,16H2,1-2H3/t17-,23?/m0/s1. The van der Waals surface area contributed by atoms with E-state index in [0.29, 0.717) is 0 Å². The number of pyridine rings is 1. The van der Waals surface area contributed by atoms with Crippen molar-refractivity contribution in [1.29, 1.82) is 0 Å². The third-order valence-electron chi connectivity index (χ3n) is 7.46. The average molecular weight is 528 g/mol. The second kappa shape index (κ2) is 9.83. The summed E-state index contributed by atoms with van der Waals surface area (Å²) in [6.07, 6.45) is -3.01. The Morgan fingerprint density at radius 1 is 1.00 bits per heavy atom. The molecular weight excluding hydrogens is 499 g/mol. The van der Waals surface area contributed by atoms with Crippen LogP contribution in [0, 0.1) is 0 Å². The minimum atomic E-state index is -4.75. The summed E-state index contributed by atoms with van der Waals surface area (Å²) in [5, 5.41) is 12.4. The first-order valence-electron chi connectivity index (χ1n) is 12.4. The molecule has 2 heterocycles. The number of ether oxygens (including phenoxy) is 1. The largest absolute Gasteiger partial charge is 0.502 e. The number of carbonyl (C=O) groups is 1. The van der Waals surface area contributed by atoms with E-state index in [0.717, 1.165) is 53.0 Å². The van der Waals surface area contributed by atoms with Crippen molar-refractivity contribution in [1.82, 2.24) is 9.58 Å². The van der Waals surface area contributed by atoms with Crippen molar-refractivity contribution >= 4 is 5.91 Å². The molecule has 1 aliphatic heterocycles. The molecule has 0 radical (unpaired) electrons. The van der Waals surface area contributed by atoms with Gasteiger partial charge in [0.05, 0.1) is 6.04 Å². The molecule has 2 aliphatic rings. The maximum Gasteiger partial charge on any atom is 0.408 e. The first-order valence-corrected chi connectivity index (χ1v) is 12.4. The zero-order valence-electron chi connectivity index (χ0n) is 21.0. The monoisotopic (exact) mass is 527 g/mol. The van der Waals surface area contributed by atoms with Crippen molar-refractivity contribution in [2.24, 2.45) is 0 Å². The predicted octanol–water partition coefficient (Wildman–Crippen LogP) is 4.15. The van der Waals surface area contributed by atoms with Crippen LogP contribution in [-0.2, 0) is 17.6 Å². The highest BCUT2D eigenvalue weighted by molar-refractivity contribution is 5.96. The molecule has 0 fully saturated rings. The lowest BCUT2D eigenvalue weighted by atomic mass is 9.92. The van der Waals surface area contributed by atoms with Gasteiger partial charge >= 0.3 is 6.18 Å². The quantitative estimate of drug-likeness (QED) is 0.540. The molecule has 2 atom stereocenters. The van der Waals surface area contributed by atoms with Gasteiger partial charge in [-0.1, -0.05) is 48.5 Å². The van der Waals surface area contributed by atoms with Crippen LogP contribution in [0.1, 0.15) is 52.1 Å². The van der Waals surface area contributed by atoms with Crippen LogP contribution in [0.5, 0.6) is 5.75 Å². The van der Waals surface area contributed by atoms with Crippen molar-refractivity contribution in [3.63, 3.8) is 0 Å². The molecule has 0 saturated heterocycles. The van der Waals surface area contributed by atoms with Crippen LogP contribution in [-0.4, -0.2) is 52.7 Å². The van der Waals surface area contributed by atoms with Crippen LogP contribution in [0.15, 0.2) is 65.6 Å². The number of amides is 1. The van der Waals surface area contributed by atoms with E-state index in [1.54, 1.807) is 5.01 Å². The zero-order valence-corrected chi connectivity index (χ0v) is 21.0. The first kappa shape index (κ1) is 25.8. The zero-order chi connectivity index (χ0) is 27.2. The van der Waals surface area contributed by atoms with Gasteiger partial charge in [0.15, 0.2) is 11.4 Å². The number of aromatic hydroxyl groups is 1. The molecule has 2 aromatic carbocycles. The van der Waals surface area contributed by atoms with Gasteiger partial charge in [0.25, 0.3) is 5.91 Å². The lowest BCUT2D eigenvalue weighted by molar-refractivity contribution is -0.179. The molecule has 1 amide bonds. The maximum atomic E-state index is 14.2. The minimum Gasteiger partial charge on any atom is -0.502 e. The Kier molecular flexibility index (Phi) is 6.68. The Labute approximate surface area is 217 Å². The van der Waals surface area contributed by atoms with Crippen LogP contribution in [0.25, 0.3) is 0 Å². The van der Waals surface area contributed by atoms with Crippen molar-refractivity contribution in [3.8, 4) is 5.75 Å². The molecule has 38 heavy (non-hydrogen) atoms. The molecule has 7 nitrogen and oxygen atoms in total. The van der Waals surface area contributed by atoms with Gasteiger partial charge < -0.3 is 14.7 Å². The van der Waals surface area contributed by atoms with Gasteiger partial charge in [-0.15, -0.1) is 0 Å². The molecule has 1 aliphatic carbocycles. The number of halogens is 3. The van der Waals surface area contributed by atoms with Crippen LogP contribution in [0.3, 0.4) is 0 Å². The van der Waals surface area contributed by atoms with Gasteiger partial charge in [0.2, 0.25) is 5.43 Å². The Balaban J connectivity index is 1.84. The summed E-state index contributed by atoms with van der Waals surface area (Å²) in [6, 6.07) is 13.7. The predicted molar refractivity (Wildman–Crippen MR) is 135 cm³/mol. The van der Waals surface area contributed by atoms with Gasteiger partial charge in [-0.2, -0.15) is 13.2 Å². The number of fused-ring (bicyclic) bond motifs is 3. The highest BCUT2D eigenvalue weighted by Gasteiger charge is 2.51. The van der Waals surface area contributed by atoms with E-state index in [1.165, 1.54) is 18.0 Å². The molecule has 1 N–H and O–H groups in total. The summed E-state index contributed by atoms with van der Waals surface area (Å²) in [4.78, 5) is 26.8. The van der Waals surface area contributed by atoms with Crippen molar-refractivity contribution < 1.29 is 27.8 Å². The number of methoxy groups -OCH3 is 1. The SMILES string of the molecule is COCCC1N([C@@H](C)C(F)(F)F)C(=O)c2c(O)c(=O)ccn2N1C1c2ccccc2CCc2ccccc21. The summed E-state index contributed by atoms with van der Waals surface area (Å²) in [5.41, 5.74) is 2.45. The Morgan fingerprint density at radius 2 is 1.58 bits per heavy atom. The fourth-order valence-corrected chi connectivity index (χ4v) is 5.60. The van der Waals surface area contributed by atoms with Gasteiger partial charge in [-0.3, -0.25) is 19.3 Å². The van der Waals surface area contributed by atoms with Gasteiger partial charge in [-0.05, 0) is 42.0 Å². The Hall–Kier alpha value is -3.79. The van der Waals surface area contributed by atoms with Crippen LogP contribution < -0.4 is 10.4 Å². The molecule has 5 rings (SSSR count). The second-order valence-electron chi connectivity index (χ2n) is 9.59. The molecule has 200 valence electrons. The molecule has 0 saturated carbocycles. The van der Waals surface area contributed by atoms with E-state index in [2.05, 4.69) is 0 Å². The highest BCUT2D eigenvalue weighted by Crippen LogP contribution is 2.42. The van der Waals surface area contributed by atoms with E-state index in [1.807, 2.05) is 48.5 Å². The normalized spacial score (nSPS) is 18.4. The number of hydrogen-bond donors (Lipinski definition) is 1. The average Bonchev–Trinajstić information content (AvgIpc) is 3.05. The number of aromatic nitrogens is 1. The molecule has 1 aromatic heterocycles. The molecule has 1 unspecified atom stereocenters. The fraction of sp³-hybridized carbons (Fsp3) is 0.357. The molecule has 10 heteroatoms. The van der Waals surface area contributed by atoms with Gasteiger partial charge in [0.1, 0.15) is 12.2 Å². The third kappa shape index (κ3) is 4.22. The topological polar surface area (TPSA) is 75.0 Å². The Morgan fingerprint density at radius 3 is 2.13 bits per heavy atom. The fourth-order valence-electron chi connectivity index (χ4n) is 5.60. The number of nitrogens with zero attached hydrogens (tertiary/aromatic N) is 3. The van der Waals surface area contributed by atoms with E-state index in [4.69, 9.17) is 4.74 Å². The Bertz CT molecular complexity index is 1370. The van der Waals surface area contributed by atoms with Crippen LogP contribution >= 0.6 is 0 Å².